The maximum atomic E-state index is 12.6. The molecule has 0 saturated carbocycles. The van der Waals surface area contributed by atoms with Gasteiger partial charge in [-0.1, -0.05) is 30.0 Å². The molecule has 3 rings (SSSR count). The number of aromatic nitrogens is 4. The van der Waals surface area contributed by atoms with Gasteiger partial charge < -0.3 is 10.1 Å². The first-order chi connectivity index (χ1) is 13.9. The van der Waals surface area contributed by atoms with Crippen LogP contribution >= 0.6 is 23.1 Å². The maximum absolute atomic E-state index is 12.6. The van der Waals surface area contributed by atoms with Crippen LogP contribution < -0.4 is 10.1 Å². The summed E-state index contributed by atoms with van der Waals surface area (Å²) >= 11 is 2.82. The third-order valence-corrected chi connectivity index (χ3v) is 6.34. The number of thiazole rings is 1. The van der Waals surface area contributed by atoms with Gasteiger partial charge in [-0.05, 0) is 32.9 Å². The van der Waals surface area contributed by atoms with Gasteiger partial charge in [-0.3, -0.25) is 9.36 Å². The second-order valence-electron chi connectivity index (χ2n) is 6.35. The van der Waals surface area contributed by atoms with Gasteiger partial charge in [-0.15, -0.1) is 28.1 Å². The number of rotatable bonds is 8. The van der Waals surface area contributed by atoms with Gasteiger partial charge in [-0.2, -0.15) is 0 Å². The second kappa shape index (κ2) is 9.23. The van der Waals surface area contributed by atoms with E-state index in [0.29, 0.717) is 22.7 Å². The maximum Gasteiger partial charge on any atom is 0.239 e. The SMILES string of the molecule is C=CCn1c(SC(C)C(=O)Nc2nc(C)c(C)s2)nnc1-c1cccc(OC)c1. The smallest absolute Gasteiger partial charge is 0.239 e. The van der Waals surface area contributed by atoms with E-state index in [0.717, 1.165) is 21.9 Å². The Hall–Kier alpha value is -2.65. The molecule has 0 fully saturated rings. The first-order valence-corrected chi connectivity index (χ1v) is 10.7. The van der Waals surface area contributed by atoms with E-state index < -0.39 is 0 Å². The summed E-state index contributed by atoms with van der Waals surface area (Å²) in [4.78, 5) is 18.1. The molecule has 3 aromatic rings. The number of carbonyl (C=O) groups excluding carboxylic acids is 1. The lowest BCUT2D eigenvalue weighted by atomic mass is 10.2. The first kappa shape index (κ1) is 21.1. The van der Waals surface area contributed by atoms with Gasteiger partial charge in [0.15, 0.2) is 16.1 Å². The number of aryl methyl sites for hydroxylation is 2. The highest BCUT2D eigenvalue weighted by atomic mass is 32.2. The summed E-state index contributed by atoms with van der Waals surface area (Å²) in [6.07, 6.45) is 1.78. The third kappa shape index (κ3) is 4.86. The van der Waals surface area contributed by atoms with E-state index in [1.54, 1.807) is 13.2 Å². The summed E-state index contributed by atoms with van der Waals surface area (Å²) in [7, 11) is 1.63. The topological polar surface area (TPSA) is 81.9 Å². The fourth-order valence-electron chi connectivity index (χ4n) is 2.59. The van der Waals surface area contributed by atoms with Crippen LogP contribution in [0.3, 0.4) is 0 Å². The van der Waals surface area contributed by atoms with Crippen LogP contribution in [-0.4, -0.2) is 38.0 Å². The summed E-state index contributed by atoms with van der Waals surface area (Å²) < 4.78 is 7.24. The van der Waals surface area contributed by atoms with E-state index in [-0.39, 0.29) is 11.2 Å². The standard InChI is InChI=1S/C20H23N5O2S2/c1-6-10-25-17(15-8-7-9-16(11-15)27-5)23-24-20(25)29-14(4)18(26)22-19-21-12(2)13(3)28-19/h6-9,11,14H,1,10H2,2-5H3,(H,21,22,26). The number of carbonyl (C=O) groups is 1. The van der Waals surface area contributed by atoms with Gasteiger partial charge in [0, 0.05) is 17.0 Å². The Labute approximate surface area is 178 Å². The van der Waals surface area contributed by atoms with Crippen molar-refractivity contribution in [2.45, 2.75) is 37.7 Å². The quantitative estimate of drug-likeness (QED) is 0.424. The molecule has 0 aliphatic rings. The number of thioether (sulfide) groups is 1. The average molecular weight is 430 g/mol. The molecular weight excluding hydrogens is 406 g/mol. The highest BCUT2D eigenvalue weighted by molar-refractivity contribution is 8.00. The van der Waals surface area contributed by atoms with Gasteiger partial charge in [0.25, 0.3) is 0 Å². The largest absolute Gasteiger partial charge is 0.497 e. The van der Waals surface area contributed by atoms with Crippen molar-refractivity contribution in [1.82, 2.24) is 19.7 Å². The number of ether oxygens (including phenoxy) is 1. The Balaban J connectivity index is 1.80. The molecule has 9 heteroatoms. The summed E-state index contributed by atoms with van der Waals surface area (Å²) in [5, 5.41) is 12.4. The molecule has 1 aromatic carbocycles. The van der Waals surface area contributed by atoms with E-state index >= 15 is 0 Å². The van der Waals surface area contributed by atoms with Gasteiger partial charge in [-0.25, -0.2) is 4.98 Å². The Kier molecular flexibility index (Phi) is 6.71. The van der Waals surface area contributed by atoms with Gasteiger partial charge in [0.05, 0.1) is 18.1 Å². The molecule has 2 aromatic heterocycles. The van der Waals surface area contributed by atoms with Crippen molar-refractivity contribution < 1.29 is 9.53 Å². The molecule has 0 aliphatic heterocycles. The Morgan fingerprint density at radius 2 is 2.21 bits per heavy atom. The minimum absolute atomic E-state index is 0.125. The predicted octanol–water partition coefficient (Wildman–Crippen LogP) is 4.33. The molecule has 1 amide bonds. The van der Waals surface area contributed by atoms with Crippen molar-refractivity contribution in [2.75, 3.05) is 12.4 Å². The molecule has 7 nitrogen and oxygen atoms in total. The molecular formula is C20H23N5O2S2. The van der Waals surface area contributed by atoms with E-state index in [9.17, 15) is 4.79 Å². The lowest BCUT2D eigenvalue weighted by molar-refractivity contribution is -0.115. The van der Waals surface area contributed by atoms with Crippen LogP contribution in [0.25, 0.3) is 11.4 Å². The molecule has 0 saturated heterocycles. The van der Waals surface area contributed by atoms with Crippen molar-refractivity contribution in [3.63, 3.8) is 0 Å². The van der Waals surface area contributed by atoms with Crippen LogP contribution in [0.1, 0.15) is 17.5 Å². The van der Waals surface area contributed by atoms with Crippen LogP contribution in [0, 0.1) is 13.8 Å². The van der Waals surface area contributed by atoms with E-state index in [1.165, 1.54) is 23.1 Å². The number of hydrogen-bond acceptors (Lipinski definition) is 7. The fourth-order valence-corrected chi connectivity index (χ4v) is 4.27. The zero-order valence-corrected chi connectivity index (χ0v) is 18.4. The molecule has 0 radical (unpaired) electrons. The molecule has 1 N–H and O–H groups in total. The molecule has 152 valence electrons. The Morgan fingerprint density at radius 3 is 2.86 bits per heavy atom. The van der Waals surface area contributed by atoms with Crippen molar-refractivity contribution >= 4 is 34.1 Å². The molecule has 0 bridgehead atoms. The molecule has 2 heterocycles. The van der Waals surface area contributed by atoms with E-state index in [4.69, 9.17) is 4.74 Å². The zero-order valence-electron chi connectivity index (χ0n) is 16.8. The average Bonchev–Trinajstić information content (AvgIpc) is 3.24. The van der Waals surface area contributed by atoms with Crippen molar-refractivity contribution in [2.24, 2.45) is 0 Å². The zero-order chi connectivity index (χ0) is 21.0. The molecule has 29 heavy (non-hydrogen) atoms. The molecule has 0 spiro atoms. The van der Waals surface area contributed by atoms with Crippen LogP contribution in [0.15, 0.2) is 42.1 Å². The second-order valence-corrected chi connectivity index (χ2v) is 8.86. The summed E-state index contributed by atoms with van der Waals surface area (Å²) in [6, 6.07) is 7.63. The number of allylic oxidation sites excluding steroid dienone is 1. The molecule has 1 atom stereocenters. The monoisotopic (exact) mass is 429 g/mol. The fraction of sp³-hybridized carbons (Fsp3) is 0.300. The number of amides is 1. The Morgan fingerprint density at radius 1 is 1.41 bits per heavy atom. The van der Waals surface area contributed by atoms with E-state index in [2.05, 4.69) is 27.1 Å². The number of nitrogens with zero attached hydrogens (tertiary/aromatic N) is 4. The minimum atomic E-state index is -0.370. The van der Waals surface area contributed by atoms with Crippen molar-refractivity contribution in [3.05, 3.63) is 47.5 Å². The Bertz CT molecular complexity index is 1010. The van der Waals surface area contributed by atoms with Gasteiger partial charge in [0.2, 0.25) is 5.91 Å². The summed E-state index contributed by atoms with van der Waals surface area (Å²) in [6.45, 7) is 10.1. The van der Waals surface area contributed by atoms with Crippen LogP contribution in [-0.2, 0) is 11.3 Å². The highest BCUT2D eigenvalue weighted by Crippen LogP contribution is 2.29. The summed E-state index contributed by atoms with van der Waals surface area (Å²) in [5.41, 5.74) is 1.82. The third-order valence-electron chi connectivity index (χ3n) is 4.27. The number of nitrogens with one attached hydrogen (secondary N) is 1. The van der Waals surface area contributed by atoms with Crippen LogP contribution in [0.4, 0.5) is 5.13 Å². The number of hydrogen-bond donors (Lipinski definition) is 1. The molecule has 1 unspecified atom stereocenters. The highest BCUT2D eigenvalue weighted by Gasteiger charge is 2.21. The van der Waals surface area contributed by atoms with Crippen LogP contribution in [0.5, 0.6) is 5.75 Å². The number of methoxy groups -OCH3 is 1. The number of benzene rings is 1. The number of anilines is 1. The minimum Gasteiger partial charge on any atom is -0.497 e. The lowest BCUT2D eigenvalue weighted by Gasteiger charge is -2.12. The van der Waals surface area contributed by atoms with Gasteiger partial charge in [0.1, 0.15) is 5.75 Å². The molecule has 0 aliphatic carbocycles. The first-order valence-electron chi connectivity index (χ1n) is 9.03. The van der Waals surface area contributed by atoms with Crippen LogP contribution in [0.2, 0.25) is 0 Å². The van der Waals surface area contributed by atoms with Gasteiger partial charge >= 0.3 is 0 Å². The van der Waals surface area contributed by atoms with E-state index in [1.807, 2.05) is 49.6 Å². The summed E-state index contributed by atoms with van der Waals surface area (Å²) in [5.74, 6) is 1.32. The lowest BCUT2D eigenvalue weighted by Crippen LogP contribution is -2.22. The normalized spacial score (nSPS) is 11.9. The van der Waals surface area contributed by atoms with Crippen molar-refractivity contribution in [1.29, 1.82) is 0 Å². The van der Waals surface area contributed by atoms with Crippen molar-refractivity contribution in [3.8, 4) is 17.1 Å². The predicted molar refractivity (Wildman–Crippen MR) is 118 cm³/mol.